The molecule has 1 aromatic rings. The first-order valence-electron chi connectivity index (χ1n) is 9.59. The summed E-state index contributed by atoms with van der Waals surface area (Å²) in [6.07, 6.45) is -3.71. The van der Waals surface area contributed by atoms with Crippen molar-refractivity contribution < 1.29 is 36.7 Å². The van der Waals surface area contributed by atoms with Gasteiger partial charge < -0.3 is 24.6 Å². The number of amides is 1. The number of benzene rings is 1. The van der Waals surface area contributed by atoms with E-state index in [1.54, 1.807) is 39.8 Å². The molecule has 0 unspecified atom stereocenters. The summed E-state index contributed by atoms with van der Waals surface area (Å²) in [5, 5.41) is 13.5. The van der Waals surface area contributed by atoms with Crippen molar-refractivity contribution in [2.75, 3.05) is 13.7 Å². The monoisotopic (exact) mass is 445 g/mol. The molecule has 2 N–H and O–H groups in total. The number of aliphatic hydroxyl groups excluding tert-OH is 1. The molecule has 1 saturated heterocycles. The second kappa shape index (κ2) is 9.19. The predicted molar refractivity (Wildman–Crippen MR) is 108 cm³/mol. The van der Waals surface area contributed by atoms with Crippen LogP contribution in [0.5, 0.6) is 0 Å². The minimum Gasteiger partial charge on any atom is -0.444 e. The Morgan fingerprint density at radius 1 is 1.30 bits per heavy atom. The van der Waals surface area contributed by atoms with E-state index in [0.717, 1.165) is 5.56 Å². The number of ether oxygens (including phenoxy) is 3. The number of aliphatic hydroxyl groups is 1. The Hall–Kier alpha value is -1.72. The van der Waals surface area contributed by atoms with Crippen LogP contribution in [-0.4, -0.2) is 63.0 Å². The zero-order chi connectivity index (χ0) is 22.7. The largest absolute Gasteiger partial charge is 0.444 e. The van der Waals surface area contributed by atoms with E-state index >= 15 is 0 Å². The first-order valence-corrected chi connectivity index (χ1v) is 11.0. The SMILES string of the molecule is CO[C@@H]1C[C@](C)(NC(=O)OC(C)(C)C)[C@H](O)[C@@H](COS(=O)(=O)c2ccc(C)cc2)O1. The Balaban J connectivity index is 2.13. The fraction of sp³-hybridized carbons (Fsp3) is 0.650. The highest BCUT2D eigenvalue weighted by atomic mass is 32.2. The van der Waals surface area contributed by atoms with Crippen molar-refractivity contribution in [2.45, 2.75) is 75.6 Å². The van der Waals surface area contributed by atoms with Crippen LogP contribution in [0.3, 0.4) is 0 Å². The van der Waals surface area contributed by atoms with Gasteiger partial charge in [0.05, 0.1) is 17.0 Å². The van der Waals surface area contributed by atoms with Crippen molar-refractivity contribution in [2.24, 2.45) is 0 Å². The third-order valence-corrected chi connectivity index (χ3v) is 5.96. The molecule has 10 heteroatoms. The molecule has 0 bridgehead atoms. The Bertz CT molecular complexity index is 833. The number of carbonyl (C=O) groups is 1. The summed E-state index contributed by atoms with van der Waals surface area (Å²) >= 11 is 0. The van der Waals surface area contributed by atoms with Crippen LogP contribution in [0.1, 0.15) is 39.7 Å². The van der Waals surface area contributed by atoms with E-state index < -0.39 is 52.5 Å². The van der Waals surface area contributed by atoms with Gasteiger partial charge >= 0.3 is 6.09 Å². The van der Waals surface area contributed by atoms with Crippen molar-refractivity contribution in [3.05, 3.63) is 29.8 Å². The second-order valence-corrected chi connectivity index (χ2v) is 10.2. The van der Waals surface area contributed by atoms with Crippen LogP contribution in [0.2, 0.25) is 0 Å². The minimum atomic E-state index is -4.05. The van der Waals surface area contributed by atoms with Crippen LogP contribution in [-0.2, 0) is 28.5 Å². The summed E-state index contributed by atoms with van der Waals surface area (Å²) in [5.74, 6) is 0. The summed E-state index contributed by atoms with van der Waals surface area (Å²) < 4.78 is 46.2. The van der Waals surface area contributed by atoms with E-state index in [1.165, 1.54) is 19.2 Å². The average Bonchev–Trinajstić information content (AvgIpc) is 2.61. The fourth-order valence-corrected chi connectivity index (χ4v) is 3.97. The molecule has 1 aliphatic rings. The van der Waals surface area contributed by atoms with Crippen LogP contribution < -0.4 is 5.32 Å². The first kappa shape index (κ1) is 24.5. The molecule has 0 saturated carbocycles. The number of carbonyl (C=O) groups excluding carboxylic acids is 1. The van der Waals surface area contributed by atoms with E-state index in [-0.39, 0.29) is 11.3 Å². The number of aryl methyl sites for hydroxylation is 1. The molecular weight excluding hydrogens is 414 g/mol. The molecule has 0 aliphatic carbocycles. The van der Waals surface area contributed by atoms with Crippen molar-refractivity contribution in [1.82, 2.24) is 5.32 Å². The lowest BCUT2D eigenvalue weighted by atomic mass is 9.85. The normalized spacial score (nSPS) is 27.5. The third kappa shape index (κ3) is 6.39. The van der Waals surface area contributed by atoms with Gasteiger partial charge in [-0.3, -0.25) is 4.18 Å². The molecule has 1 amide bonds. The molecule has 170 valence electrons. The summed E-state index contributed by atoms with van der Waals surface area (Å²) in [6, 6.07) is 6.19. The van der Waals surface area contributed by atoms with Gasteiger partial charge in [0, 0.05) is 13.5 Å². The van der Waals surface area contributed by atoms with Crippen LogP contribution in [0.25, 0.3) is 0 Å². The lowest BCUT2D eigenvalue weighted by Crippen LogP contribution is -2.65. The highest BCUT2D eigenvalue weighted by molar-refractivity contribution is 7.86. The molecule has 0 radical (unpaired) electrons. The van der Waals surface area contributed by atoms with Crippen molar-refractivity contribution in [3.63, 3.8) is 0 Å². The number of nitrogens with one attached hydrogen (secondary N) is 1. The third-order valence-electron chi connectivity index (χ3n) is 4.67. The van der Waals surface area contributed by atoms with Gasteiger partial charge in [0.2, 0.25) is 0 Å². The van der Waals surface area contributed by atoms with Gasteiger partial charge in [-0.2, -0.15) is 8.42 Å². The van der Waals surface area contributed by atoms with Gasteiger partial charge in [-0.15, -0.1) is 0 Å². The van der Waals surface area contributed by atoms with E-state index in [0.29, 0.717) is 0 Å². The van der Waals surface area contributed by atoms with Gasteiger partial charge in [-0.05, 0) is 46.8 Å². The van der Waals surface area contributed by atoms with Gasteiger partial charge in [0.25, 0.3) is 10.1 Å². The molecule has 1 heterocycles. The molecule has 0 aromatic heterocycles. The van der Waals surface area contributed by atoms with Crippen LogP contribution in [0, 0.1) is 6.92 Å². The predicted octanol–water partition coefficient (Wildman–Crippen LogP) is 2.11. The zero-order valence-corrected chi connectivity index (χ0v) is 19.0. The molecule has 4 atom stereocenters. The molecule has 9 nitrogen and oxygen atoms in total. The summed E-state index contributed by atoms with van der Waals surface area (Å²) in [5.41, 5.74) is -1.00. The molecule has 1 aromatic carbocycles. The van der Waals surface area contributed by atoms with Crippen LogP contribution >= 0.6 is 0 Å². The number of hydrogen-bond donors (Lipinski definition) is 2. The standard InChI is InChI=1S/C20H31NO8S/c1-13-7-9-14(10-8-13)30(24,25)27-12-15-17(22)20(5,11-16(26-6)28-15)21-18(23)29-19(2,3)4/h7-10,15-17,22H,11-12H2,1-6H3,(H,21,23)/t15-,16+,17-,20+/m1/s1. The maximum atomic E-state index is 12.5. The van der Waals surface area contributed by atoms with Gasteiger partial charge in [0.1, 0.15) is 17.8 Å². The highest BCUT2D eigenvalue weighted by Gasteiger charge is 2.48. The topological polar surface area (TPSA) is 120 Å². The molecule has 1 aliphatic heterocycles. The Morgan fingerprint density at radius 2 is 1.90 bits per heavy atom. The summed E-state index contributed by atoms with van der Waals surface area (Å²) in [4.78, 5) is 12.3. The molecule has 30 heavy (non-hydrogen) atoms. The van der Waals surface area contributed by atoms with Crippen molar-refractivity contribution in [3.8, 4) is 0 Å². The number of methoxy groups -OCH3 is 1. The Morgan fingerprint density at radius 3 is 2.43 bits per heavy atom. The molecule has 1 fully saturated rings. The fourth-order valence-electron chi connectivity index (χ4n) is 3.06. The molecule has 0 spiro atoms. The zero-order valence-electron chi connectivity index (χ0n) is 18.2. The van der Waals surface area contributed by atoms with E-state index in [2.05, 4.69) is 5.32 Å². The van der Waals surface area contributed by atoms with E-state index in [1.807, 2.05) is 6.92 Å². The maximum Gasteiger partial charge on any atom is 0.408 e. The Kier molecular flexibility index (Phi) is 7.52. The van der Waals surface area contributed by atoms with Crippen LogP contribution in [0.15, 0.2) is 29.2 Å². The first-order chi connectivity index (χ1) is 13.8. The maximum absolute atomic E-state index is 12.5. The number of rotatable bonds is 6. The number of alkyl carbamates (subject to hydrolysis) is 1. The van der Waals surface area contributed by atoms with Crippen LogP contribution in [0.4, 0.5) is 4.79 Å². The molecule has 2 rings (SSSR count). The van der Waals surface area contributed by atoms with Crippen molar-refractivity contribution >= 4 is 16.2 Å². The number of hydrogen-bond acceptors (Lipinski definition) is 8. The van der Waals surface area contributed by atoms with Gasteiger partial charge in [-0.1, -0.05) is 17.7 Å². The Labute approximate surface area is 177 Å². The smallest absolute Gasteiger partial charge is 0.408 e. The highest BCUT2D eigenvalue weighted by Crippen LogP contribution is 2.31. The average molecular weight is 446 g/mol. The molecular formula is C20H31NO8S. The summed E-state index contributed by atoms with van der Waals surface area (Å²) in [6.45, 7) is 8.16. The quantitative estimate of drug-likeness (QED) is 0.639. The lowest BCUT2D eigenvalue weighted by Gasteiger charge is -2.45. The van der Waals surface area contributed by atoms with Crippen molar-refractivity contribution in [1.29, 1.82) is 0 Å². The van der Waals surface area contributed by atoms with Gasteiger partial charge in [0.15, 0.2) is 6.29 Å². The van der Waals surface area contributed by atoms with Gasteiger partial charge in [-0.25, -0.2) is 4.79 Å². The minimum absolute atomic E-state index is 0.00340. The summed E-state index contributed by atoms with van der Waals surface area (Å²) in [7, 11) is -2.64. The lowest BCUT2D eigenvalue weighted by molar-refractivity contribution is -0.241. The second-order valence-electron chi connectivity index (χ2n) is 8.58. The van der Waals surface area contributed by atoms with E-state index in [4.69, 9.17) is 18.4 Å². The van der Waals surface area contributed by atoms with E-state index in [9.17, 15) is 18.3 Å².